The summed E-state index contributed by atoms with van der Waals surface area (Å²) in [6.07, 6.45) is 6.11. The Labute approximate surface area is 87.3 Å². The molecule has 0 aliphatic rings. The highest BCUT2D eigenvalue weighted by atomic mass is 35.5. The molecule has 0 saturated heterocycles. The topological polar surface area (TPSA) is 38.7 Å². The highest BCUT2D eigenvalue weighted by Crippen LogP contribution is 2.15. The first-order chi connectivity index (χ1) is 6.33. The minimum Gasteiger partial charge on any atom is -0.199 e. The van der Waals surface area contributed by atoms with E-state index in [1.165, 1.54) is 19.3 Å². The smallest absolute Gasteiger partial charge is 0.199 e. The van der Waals surface area contributed by atoms with Crippen LogP contribution in [0.4, 0.5) is 0 Å². The molecule has 0 unspecified atom stereocenters. The number of unbranched alkanes of at least 4 members (excludes halogenated alkanes) is 2. The predicted octanol–water partition coefficient (Wildman–Crippen LogP) is 2.61. The minimum absolute atomic E-state index is 0.216. The summed E-state index contributed by atoms with van der Waals surface area (Å²) < 4.78 is 0. The van der Waals surface area contributed by atoms with Crippen LogP contribution in [-0.2, 0) is 0 Å². The largest absolute Gasteiger partial charge is 0.227 e. The van der Waals surface area contributed by atoms with Crippen LogP contribution in [0.5, 0.6) is 0 Å². The fourth-order valence-electron chi connectivity index (χ4n) is 0.818. The Morgan fingerprint density at radius 3 is 2.92 bits per heavy atom. The van der Waals surface area contributed by atoms with Crippen LogP contribution in [0, 0.1) is 6.33 Å². The molecule has 1 aromatic rings. The van der Waals surface area contributed by atoms with Crippen molar-refractivity contribution in [2.45, 2.75) is 31.3 Å². The Bertz CT molecular complexity index is 257. The van der Waals surface area contributed by atoms with Gasteiger partial charge in [-0.2, -0.15) is 15.0 Å². The monoisotopic (exact) mass is 216 g/mol. The van der Waals surface area contributed by atoms with Gasteiger partial charge in [-0.05, 0) is 18.0 Å². The second-order valence-corrected chi connectivity index (χ2v) is 3.94. The normalized spacial score (nSPS) is 10.3. The lowest BCUT2D eigenvalue weighted by atomic mass is 10.3. The van der Waals surface area contributed by atoms with E-state index in [4.69, 9.17) is 11.6 Å². The lowest BCUT2D eigenvalue weighted by Gasteiger charge is -1.97. The summed E-state index contributed by atoms with van der Waals surface area (Å²) >= 11 is 7.17. The lowest BCUT2D eigenvalue weighted by molar-refractivity contribution is 0.776. The second-order valence-electron chi connectivity index (χ2n) is 2.54. The average Bonchev–Trinajstić information content (AvgIpc) is 2.13. The summed E-state index contributed by atoms with van der Waals surface area (Å²) in [6.45, 7) is 2.18. The van der Waals surface area contributed by atoms with Crippen molar-refractivity contribution in [2.24, 2.45) is 0 Å². The maximum Gasteiger partial charge on any atom is 0.227 e. The van der Waals surface area contributed by atoms with Crippen molar-refractivity contribution in [2.75, 3.05) is 5.75 Å². The fourth-order valence-corrected chi connectivity index (χ4v) is 1.77. The van der Waals surface area contributed by atoms with Crippen LogP contribution in [0.15, 0.2) is 5.16 Å². The second kappa shape index (κ2) is 6.16. The van der Waals surface area contributed by atoms with Crippen LogP contribution in [0.2, 0.25) is 5.28 Å². The molecule has 1 radical (unpaired) electrons. The van der Waals surface area contributed by atoms with Gasteiger partial charge in [0.1, 0.15) is 0 Å². The average molecular weight is 217 g/mol. The Morgan fingerprint density at radius 2 is 2.23 bits per heavy atom. The van der Waals surface area contributed by atoms with Gasteiger partial charge < -0.3 is 0 Å². The number of halogens is 1. The molecule has 1 aromatic heterocycles. The van der Waals surface area contributed by atoms with Gasteiger partial charge in [-0.3, -0.25) is 0 Å². The zero-order chi connectivity index (χ0) is 9.52. The summed E-state index contributed by atoms with van der Waals surface area (Å²) in [5.74, 6) is 1.03. The number of hydrogen-bond donors (Lipinski definition) is 0. The number of thioether (sulfide) groups is 1. The Hall–Kier alpha value is -0.350. The summed E-state index contributed by atoms with van der Waals surface area (Å²) in [5.41, 5.74) is 0. The van der Waals surface area contributed by atoms with Gasteiger partial charge in [-0.15, -0.1) is 0 Å². The zero-order valence-corrected chi connectivity index (χ0v) is 9.03. The van der Waals surface area contributed by atoms with Crippen LogP contribution < -0.4 is 0 Å². The van der Waals surface area contributed by atoms with Crippen LogP contribution in [-0.4, -0.2) is 20.7 Å². The fraction of sp³-hybridized carbons (Fsp3) is 0.625. The molecule has 0 aliphatic carbocycles. The maximum atomic E-state index is 5.58. The third-order valence-corrected chi connectivity index (χ3v) is 2.56. The first kappa shape index (κ1) is 10.7. The minimum atomic E-state index is 0.216. The van der Waals surface area contributed by atoms with E-state index < -0.39 is 0 Å². The van der Waals surface area contributed by atoms with Gasteiger partial charge in [0.05, 0.1) is 0 Å². The van der Waals surface area contributed by atoms with Gasteiger partial charge >= 0.3 is 0 Å². The molecule has 13 heavy (non-hydrogen) atoms. The Balaban J connectivity index is 2.28. The number of aromatic nitrogens is 3. The van der Waals surface area contributed by atoms with Gasteiger partial charge in [-0.1, -0.05) is 31.5 Å². The highest BCUT2D eigenvalue weighted by molar-refractivity contribution is 7.99. The summed E-state index contributed by atoms with van der Waals surface area (Å²) in [7, 11) is 0. The van der Waals surface area contributed by atoms with Crippen molar-refractivity contribution in [3.63, 3.8) is 0 Å². The molecule has 1 rings (SSSR count). The van der Waals surface area contributed by atoms with Gasteiger partial charge in [0.2, 0.25) is 11.6 Å². The lowest BCUT2D eigenvalue weighted by Crippen LogP contribution is -1.90. The maximum absolute atomic E-state index is 5.58. The van der Waals surface area contributed by atoms with Crippen LogP contribution >= 0.6 is 23.4 Å². The first-order valence-electron chi connectivity index (χ1n) is 4.23. The van der Waals surface area contributed by atoms with E-state index >= 15 is 0 Å². The molecular weight excluding hydrogens is 206 g/mol. The Kier molecular flexibility index (Phi) is 5.08. The van der Waals surface area contributed by atoms with E-state index in [1.54, 1.807) is 11.8 Å². The molecule has 0 atom stereocenters. The molecule has 0 saturated carbocycles. The van der Waals surface area contributed by atoms with E-state index in [1.807, 2.05) is 0 Å². The van der Waals surface area contributed by atoms with Crippen LogP contribution in [0.25, 0.3) is 0 Å². The molecule has 0 spiro atoms. The van der Waals surface area contributed by atoms with E-state index in [0.717, 1.165) is 5.75 Å². The molecule has 0 N–H and O–H groups in total. The van der Waals surface area contributed by atoms with Gasteiger partial charge in [0.25, 0.3) is 0 Å². The molecule has 5 heteroatoms. The molecule has 0 fully saturated rings. The predicted molar refractivity (Wildman–Crippen MR) is 53.9 cm³/mol. The first-order valence-corrected chi connectivity index (χ1v) is 5.59. The van der Waals surface area contributed by atoms with Gasteiger partial charge in [0.15, 0.2) is 5.16 Å². The molecule has 0 aromatic carbocycles. The van der Waals surface area contributed by atoms with Gasteiger partial charge in [-0.25, -0.2) is 0 Å². The van der Waals surface area contributed by atoms with Crippen molar-refractivity contribution in [3.05, 3.63) is 11.6 Å². The van der Waals surface area contributed by atoms with E-state index in [0.29, 0.717) is 5.16 Å². The molecule has 0 aliphatic heterocycles. The molecule has 1 heterocycles. The Morgan fingerprint density at radius 1 is 1.38 bits per heavy atom. The van der Waals surface area contributed by atoms with E-state index in [9.17, 15) is 0 Å². The van der Waals surface area contributed by atoms with Crippen LogP contribution in [0.3, 0.4) is 0 Å². The summed E-state index contributed by atoms with van der Waals surface area (Å²) in [6, 6.07) is 0. The third-order valence-electron chi connectivity index (χ3n) is 1.45. The van der Waals surface area contributed by atoms with E-state index in [2.05, 4.69) is 28.2 Å². The zero-order valence-electron chi connectivity index (χ0n) is 7.46. The quantitative estimate of drug-likeness (QED) is 0.560. The highest BCUT2D eigenvalue weighted by Gasteiger charge is 1.98. The number of hydrogen-bond acceptors (Lipinski definition) is 4. The molecule has 0 amide bonds. The molecular formula is C8H11ClN3S. The summed E-state index contributed by atoms with van der Waals surface area (Å²) in [4.78, 5) is 11.4. The molecule has 0 bridgehead atoms. The van der Waals surface area contributed by atoms with Crippen molar-refractivity contribution in [1.29, 1.82) is 0 Å². The SMILES string of the molecule is CCCCCSc1n[c]nc(Cl)n1. The summed E-state index contributed by atoms with van der Waals surface area (Å²) in [5, 5.41) is 0.879. The van der Waals surface area contributed by atoms with Crippen molar-refractivity contribution < 1.29 is 0 Å². The number of rotatable bonds is 5. The van der Waals surface area contributed by atoms with Gasteiger partial charge in [0, 0.05) is 5.75 Å². The molecule has 71 valence electrons. The standard InChI is InChI=1S/C8H11ClN3S/c1-2-3-4-5-13-8-11-6-10-7(9)12-8/h2-5H2,1H3. The van der Waals surface area contributed by atoms with Crippen LogP contribution in [0.1, 0.15) is 26.2 Å². The number of nitrogens with zero attached hydrogens (tertiary/aromatic N) is 3. The van der Waals surface area contributed by atoms with Crippen molar-refractivity contribution in [1.82, 2.24) is 15.0 Å². The van der Waals surface area contributed by atoms with Crippen molar-refractivity contribution in [3.8, 4) is 0 Å². The third kappa shape index (κ3) is 4.43. The van der Waals surface area contributed by atoms with E-state index in [-0.39, 0.29) is 5.28 Å². The molecule has 3 nitrogen and oxygen atoms in total. The van der Waals surface area contributed by atoms with Crippen molar-refractivity contribution >= 4 is 23.4 Å².